The molecule has 0 aliphatic carbocycles. The van der Waals surface area contributed by atoms with Crippen LogP contribution in [-0.2, 0) is 22.6 Å². The molecule has 7 nitrogen and oxygen atoms in total. The Morgan fingerprint density at radius 1 is 1.38 bits per heavy atom. The molecular weight excluding hydrogens is 350 g/mol. The van der Waals surface area contributed by atoms with E-state index < -0.39 is 0 Å². The maximum absolute atomic E-state index is 12.2. The van der Waals surface area contributed by atoms with Crippen molar-refractivity contribution in [2.75, 3.05) is 32.8 Å². The number of likely N-dealkylation sites (tertiary alicyclic amines) is 1. The Bertz CT molecular complexity index is 752. The summed E-state index contributed by atoms with van der Waals surface area (Å²) in [5.74, 6) is 0.105. The van der Waals surface area contributed by atoms with Gasteiger partial charge in [-0.3, -0.25) is 14.4 Å². The number of thiazole rings is 1. The van der Waals surface area contributed by atoms with E-state index >= 15 is 0 Å². The smallest absolute Gasteiger partial charge is 0.248 e. The Morgan fingerprint density at radius 3 is 3.00 bits per heavy atom. The van der Waals surface area contributed by atoms with E-state index in [1.807, 2.05) is 22.7 Å². The zero-order valence-corrected chi connectivity index (χ0v) is 16.0. The van der Waals surface area contributed by atoms with Gasteiger partial charge in [0.1, 0.15) is 6.61 Å². The molecule has 1 atom stereocenters. The van der Waals surface area contributed by atoms with E-state index in [2.05, 4.69) is 26.4 Å². The molecule has 4 rings (SSSR count). The van der Waals surface area contributed by atoms with Crippen LogP contribution in [0, 0.1) is 6.92 Å². The molecule has 1 amide bonds. The highest BCUT2D eigenvalue weighted by Gasteiger charge is 2.27. The molecule has 0 spiro atoms. The summed E-state index contributed by atoms with van der Waals surface area (Å²) in [7, 11) is 0. The molecule has 0 aromatic carbocycles. The maximum Gasteiger partial charge on any atom is 0.248 e. The van der Waals surface area contributed by atoms with E-state index in [1.54, 1.807) is 11.3 Å². The average Bonchev–Trinajstić information content (AvgIpc) is 3.36. The second-order valence-electron chi connectivity index (χ2n) is 7.05. The van der Waals surface area contributed by atoms with Gasteiger partial charge in [0.2, 0.25) is 5.91 Å². The third-order valence-electron chi connectivity index (χ3n) is 5.00. The van der Waals surface area contributed by atoms with E-state index in [-0.39, 0.29) is 18.6 Å². The number of rotatable bonds is 6. The minimum Gasteiger partial charge on any atom is -0.369 e. The average molecular weight is 375 g/mol. The zero-order chi connectivity index (χ0) is 17.9. The van der Waals surface area contributed by atoms with Crippen molar-refractivity contribution in [1.82, 2.24) is 24.6 Å². The number of carbonyl (C=O) groups is 1. The van der Waals surface area contributed by atoms with Crippen molar-refractivity contribution in [2.45, 2.75) is 38.9 Å². The lowest BCUT2D eigenvalue weighted by molar-refractivity contribution is -0.135. The zero-order valence-electron chi connectivity index (χ0n) is 15.1. The lowest BCUT2D eigenvalue weighted by Gasteiger charge is -2.33. The van der Waals surface area contributed by atoms with Crippen LogP contribution in [0.3, 0.4) is 0 Å². The van der Waals surface area contributed by atoms with Gasteiger partial charge in [0.25, 0.3) is 0 Å². The van der Waals surface area contributed by atoms with Crippen LogP contribution in [0.15, 0.2) is 17.6 Å². The molecule has 0 radical (unpaired) electrons. The number of aryl methyl sites for hydroxylation is 1. The van der Waals surface area contributed by atoms with E-state index in [0.717, 1.165) is 56.3 Å². The first-order valence-corrected chi connectivity index (χ1v) is 10.1. The van der Waals surface area contributed by atoms with Crippen LogP contribution in [0.25, 0.3) is 0 Å². The molecular formula is C18H25N5O2S. The number of amides is 1. The van der Waals surface area contributed by atoms with Crippen molar-refractivity contribution in [3.05, 3.63) is 34.0 Å². The van der Waals surface area contributed by atoms with E-state index in [4.69, 9.17) is 4.74 Å². The summed E-state index contributed by atoms with van der Waals surface area (Å²) in [4.78, 5) is 21.0. The molecule has 2 aromatic rings. The summed E-state index contributed by atoms with van der Waals surface area (Å²) >= 11 is 1.69. The molecule has 2 aliphatic rings. The van der Waals surface area contributed by atoms with Crippen molar-refractivity contribution in [2.24, 2.45) is 0 Å². The number of carbonyl (C=O) groups excluding carboxylic acids is 1. The first-order valence-electron chi connectivity index (χ1n) is 9.20. The fourth-order valence-corrected chi connectivity index (χ4v) is 4.36. The first kappa shape index (κ1) is 17.6. The fourth-order valence-electron chi connectivity index (χ4n) is 3.76. The lowest BCUT2D eigenvalue weighted by Crippen LogP contribution is -2.40. The van der Waals surface area contributed by atoms with Crippen LogP contribution in [0.1, 0.15) is 35.3 Å². The quantitative estimate of drug-likeness (QED) is 0.771. The summed E-state index contributed by atoms with van der Waals surface area (Å²) in [6, 6.07) is 2.18. The number of fused-ring (bicyclic) bond motifs is 1. The summed E-state index contributed by atoms with van der Waals surface area (Å²) in [5.41, 5.74) is 2.30. The van der Waals surface area contributed by atoms with Crippen LogP contribution < -0.4 is 0 Å². The van der Waals surface area contributed by atoms with Crippen molar-refractivity contribution >= 4 is 17.2 Å². The highest BCUT2D eigenvalue weighted by Crippen LogP contribution is 2.23. The number of aromatic nitrogens is 3. The third-order valence-corrected chi connectivity index (χ3v) is 5.82. The van der Waals surface area contributed by atoms with Crippen molar-refractivity contribution in [3.8, 4) is 0 Å². The van der Waals surface area contributed by atoms with Gasteiger partial charge in [-0.2, -0.15) is 5.10 Å². The second kappa shape index (κ2) is 7.85. The van der Waals surface area contributed by atoms with Gasteiger partial charge in [-0.1, -0.05) is 0 Å². The van der Waals surface area contributed by atoms with Gasteiger partial charge in [-0.15, -0.1) is 11.3 Å². The Morgan fingerprint density at radius 2 is 2.23 bits per heavy atom. The molecule has 1 fully saturated rings. The Hall–Kier alpha value is -1.77. The van der Waals surface area contributed by atoms with Crippen molar-refractivity contribution in [1.29, 1.82) is 0 Å². The highest BCUT2D eigenvalue weighted by molar-refractivity contribution is 7.09. The van der Waals surface area contributed by atoms with E-state index in [9.17, 15) is 4.79 Å². The molecule has 0 N–H and O–H groups in total. The van der Waals surface area contributed by atoms with Gasteiger partial charge < -0.3 is 9.64 Å². The molecule has 26 heavy (non-hydrogen) atoms. The van der Waals surface area contributed by atoms with Crippen LogP contribution in [0.5, 0.6) is 0 Å². The van der Waals surface area contributed by atoms with Crippen molar-refractivity contribution < 1.29 is 9.53 Å². The Balaban J connectivity index is 1.34. The van der Waals surface area contributed by atoms with Crippen LogP contribution >= 0.6 is 11.3 Å². The van der Waals surface area contributed by atoms with Crippen LogP contribution in [0.4, 0.5) is 0 Å². The van der Waals surface area contributed by atoms with Gasteiger partial charge in [0.05, 0.1) is 29.0 Å². The minimum absolute atomic E-state index is 0.105. The molecule has 0 saturated carbocycles. The first-order chi connectivity index (χ1) is 12.7. The SMILES string of the molecule is Cc1nc(CN2Cc3ccnn3[C@@H](COCC(=O)N3CCCC3)C2)cs1. The highest BCUT2D eigenvalue weighted by atomic mass is 32.1. The number of hydrogen-bond donors (Lipinski definition) is 0. The van der Waals surface area contributed by atoms with E-state index in [1.165, 1.54) is 5.69 Å². The minimum atomic E-state index is 0.105. The van der Waals surface area contributed by atoms with Gasteiger partial charge in [0, 0.05) is 44.3 Å². The predicted octanol–water partition coefficient (Wildman–Crippen LogP) is 1.84. The van der Waals surface area contributed by atoms with Gasteiger partial charge >= 0.3 is 0 Å². The monoisotopic (exact) mass is 375 g/mol. The molecule has 0 unspecified atom stereocenters. The summed E-state index contributed by atoms with van der Waals surface area (Å²) < 4.78 is 7.83. The lowest BCUT2D eigenvalue weighted by atomic mass is 10.2. The van der Waals surface area contributed by atoms with Crippen LogP contribution in [-0.4, -0.2) is 63.3 Å². The van der Waals surface area contributed by atoms with Crippen LogP contribution in [0.2, 0.25) is 0 Å². The molecule has 1 saturated heterocycles. The Labute approximate surface area is 157 Å². The molecule has 8 heteroatoms. The summed E-state index contributed by atoms with van der Waals surface area (Å²) in [6.45, 7) is 6.99. The standard InChI is InChI=1S/C18H25N5O2S/c1-14-20-15(13-26-14)8-21-9-16-4-5-19-23(16)17(10-21)11-25-12-18(24)22-6-2-3-7-22/h4-5,13,17H,2-3,6-12H2,1H3/t17-/m1/s1. The topological polar surface area (TPSA) is 63.5 Å². The number of ether oxygens (including phenoxy) is 1. The summed E-state index contributed by atoms with van der Waals surface area (Å²) in [5, 5.41) is 7.69. The van der Waals surface area contributed by atoms with Gasteiger partial charge in [0.15, 0.2) is 0 Å². The van der Waals surface area contributed by atoms with E-state index in [0.29, 0.717) is 6.61 Å². The molecule has 2 aliphatic heterocycles. The summed E-state index contributed by atoms with van der Waals surface area (Å²) in [6.07, 6.45) is 4.06. The molecule has 2 aromatic heterocycles. The predicted molar refractivity (Wildman–Crippen MR) is 98.9 cm³/mol. The van der Waals surface area contributed by atoms with Gasteiger partial charge in [-0.05, 0) is 25.8 Å². The normalized spacial score (nSPS) is 20.5. The number of hydrogen-bond acceptors (Lipinski definition) is 6. The second-order valence-corrected chi connectivity index (χ2v) is 8.11. The van der Waals surface area contributed by atoms with Crippen molar-refractivity contribution in [3.63, 3.8) is 0 Å². The molecule has 0 bridgehead atoms. The number of nitrogens with zero attached hydrogens (tertiary/aromatic N) is 5. The largest absolute Gasteiger partial charge is 0.369 e. The third kappa shape index (κ3) is 3.97. The fraction of sp³-hybridized carbons (Fsp3) is 0.611. The molecule has 140 valence electrons. The maximum atomic E-state index is 12.2. The molecule has 4 heterocycles. The Kier molecular flexibility index (Phi) is 5.33. The van der Waals surface area contributed by atoms with Gasteiger partial charge in [-0.25, -0.2) is 4.98 Å².